The molecule has 0 unspecified atom stereocenters. The molecule has 0 saturated heterocycles. The largest absolute Gasteiger partial charge is 0.484 e. The Balaban J connectivity index is 1.44. The SMILES string of the molecule is O=C(CSc1nnc(COc2ccccc2Cl)n1C1CC1)c1ccc(Br)s1. The van der Waals surface area contributed by atoms with Gasteiger partial charge in [-0.05, 0) is 53.0 Å². The van der Waals surface area contributed by atoms with Crippen molar-refractivity contribution in [2.24, 2.45) is 0 Å². The third kappa shape index (κ3) is 4.56. The smallest absolute Gasteiger partial charge is 0.192 e. The van der Waals surface area contributed by atoms with Gasteiger partial charge in [0.2, 0.25) is 0 Å². The number of halogens is 2. The Bertz CT molecular complexity index is 971. The Kier molecular flexibility index (Phi) is 5.87. The van der Waals surface area contributed by atoms with Crippen LogP contribution in [0.1, 0.15) is 34.4 Å². The van der Waals surface area contributed by atoms with Gasteiger partial charge < -0.3 is 4.74 Å². The summed E-state index contributed by atoms with van der Waals surface area (Å²) in [6, 6.07) is 11.5. The minimum absolute atomic E-state index is 0.0925. The van der Waals surface area contributed by atoms with Crippen LogP contribution >= 0.6 is 50.6 Å². The van der Waals surface area contributed by atoms with Crippen molar-refractivity contribution in [2.45, 2.75) is 30.6 Å². The molecule has 2 heterocycles. The van der Waals surface area contributed by atoms with Gasteiger partial charge in [0.1, 0.15) is 12.4 Å². The lowest BCUT2D eigenvalue weighted by atomic mass is 10.3. The molecule has 1 aliphatic carbocycles. The first-order valence-corrected chi connectivity index (χ1v) is 11.3. The molecule has 1 saturated carbocycles. The monoisotopic (exact) mass is 483 g/mol. The number of thiophene rings is 1. The van der Waals surface area contributed by atoms with Crippen LogP contribution in [0.15, 0.2) is 45.3 Å². The molecular weight excluding hydrogens is 470 g/mol. The number of thioether (sulfide) groups is 1. The van der Waals surface area contributed by atoms with E-state index in [2.05, 4.69) is 30.7 Å². The lowest BCUT2D eigenvalue weighted by Crippen LogP contribution is -2.08. The normalized spacial score (nSPS) is 13.7. The van der Waals surface area contributed by atoms with Crippen molar-refractivity contribution in [3.8, 4) is 5.75 Å². The van der Waals surface area contributed by atoms with Gasteiger partial charge in [-0.2, -0.15) is 0 Å². The van der Waals surface area contributed by atoms with E-state index in [1.165, 1.54) is 23.1 Å². The molecule has 0 amide bonds. The van der Waals surface area contributed by atoms with Crippen LogP contribution in [-0.2, 0) is 6.61 Å². The number of nitrogens with zero attached hydrogens (tertiary/aromatic N) is 3. The molecule has 27 heavy (non-hydrogen) atoms. The van der Waals surface area contributed by atoms with E-state index in [4.69, 9.17) is 16.3 Å². The number of benzene rings is 1. The summed E-state index contributed by atoms with van der Waals surface area (Å²) in [5, 5.41) is 9.90. The molecule has 140 valence electrons. The number of Topliss-reactive ketones (excluding diaryl/α,β-unsaturated/α-hetero) is 1. The fourth-order valence-electron chi connectivity index (χ4n) is 2.57. The highest BCUT2D eigenvalue weighted by atomic mass is 79.9. The van der Waals surface area contributed by atoms with Crippen LogP contribution in [0.25, 0.3) is 0 Å². The first kappa shape index (κ1) is 19.0. The summed E-state index contributed by atoms with van der Waals surface area (Å²) < 4.78 is 8.87. The lowest BCUT2D eigenvalue weighted by Gasteiger charge is -2.10. The van der Waals surface area contributed by atoms with E-state index >= 15 is 0 Å². The van der Waals surface area contributed by atoms with E-state index in [9.17, 15) is 4.79 Å². The molecule has 1 aromatic carbocycles. The maximum absolute atomic E-state index is 12.4. The first-order chi connectivity index (χ1) is 13.1. The standard InChI is InChI=1S/C18H15BrClN3O2S2/c19-16-8-7-15(27-16)13(24)10-26-18-22-21-17(23(18)11-5-6-11)9-25-14-4-2-1-3-12(14)20/h1-4,7-8,11H,5-6,9-10H2. The molecule has 0 aliphatic heterocycles. The van der Waals surface area contributed by atoms with Gasteiger partial charge >= 0.3 is 0 Å². The van der Waals surface area contributed by atoms with E-state index in [-0.39, 0.29) is 5.78 Å². The number of hydrogen-bond acceptors (Lipinski definition) is 6. The topological polar surface area (TPSA) is 57.0 Å². The number of carbonyl (C=O) groups excluding carboxylic acids is 1. The molecule has 4 rings (SSSR count). The third-order valence-electron chi connectivity index (χ3n) is 4.02. The van der Waals surface area contributed by atoms with Crippen molar-refractivity contribution in [1.29, 1.82) is 0 Å². The van der Waals surface area contributed by atoms with E-state index in [1.54, 1.807) is 6.07 Å². The van der Waals surface area contributed by atoms with Gasteiger partial charge in [0, 0.05) is 6.04 Å². The summed E-state index contributed by atoms with van der Waals surface area (Å²) in [5.74, 6) is 1.81. The van der Waals surface area contributed by atoms with Gasteiger partial charge in [0.05, 0.1) is 19.4 Å². The van der Waals surface area contributed by atoms with Crippen LogP contribution in [0.5, 0.6) is 5.75 Å². The molecule has 5 nitrogen and oxygen atoms in total. The van der Waals surface area contributed by atoms with Crippen molar-refractivity contribution < 1.29 is 9.53 Å². The zero-order chi connectivity index (χ0) is 18.8. The average molecular weight is 485 g/mol. The number of ketones is 1. The molecular formula is C18H15BrClN3O2S2. The fraction of sp³-hybridized carbons (Fsp3) is 0.278. The minimum atomic E-state index is 0.0925. The Morgan fingerprint density at radius 2 is 2.11 bits per heavy atom. The number of aromatic nitrogens is 3. The quantitative estimate of drug-likeness (QED) is 0.306. The van der Waals surface area contributed by atoms with Crippen molar-refractivity contribution in [1.82, 2.24) is 14.8 Å². The van der Waals surface area contributed by atoms with Crippen LogP contribution in [0.4, 0.5) is 0 Å². The molecule has 0 spiro atoms. The second-order valence-corrected chi connectivity index (χ2v) is 9.85. The van der Waals surface area contributed by atoms with Gasteiger partial charge in [-0.3, -0.25) is 9.36 Å². The Morgan fingerprint density at radius 1 is 1.30 bits per heavy atom. The van der Waals surface area contributed by atoms with Crippen LogP contribution in [0.2, 0.25) is 5.02 Å². The molecule has 0 bridgehead atoms. The van der Waals surface area contributed by atoms with Crippen molar-refractivity contribution in [3.63, 3.8) is 0 Å². The second-order valence-electron chi connectivity index (χ2n) is 6.03. The molecule has 0 radical (unpaired) electrons. The number of carbonyl (C=O) groups is 1. The van der Waals surface area contributed by atoms with Gasteiger partial charge in [0.15, 0.2) is 16.8 Å². The molecule has 3 aromatic rings. The molecule has 1 fully saturated rings. The highest BCUT2D eigenvalue weighted by molar-refractivity contribution is 9.11. The molecule has 0 N–H and O–H groups in total. The van der Waals surface area contributed by atoms with E-state index in [0.717, 1.165) is 32.5 Å². The second kappa shape index (κ2) is 8.34. The maximum atomic E-state index is 12.4. The van der Waals surface area contributed by atoms with Gasteiger partial charge in [-0.1, -0.05) is 35.5 Å². The van der Waals surface area contributed by atoms with E-state index < -0.39 is 0 Å². The highest BCUT2D eigenvalue weighted by Gasteiger charge is 2.30. The van der Waals surface area contributed by atoms with E-state index in [1.807, 2.05) is 30.3 Å². The van der Waals surface area contributed by atoms with Crippen LogP contribution < -0.4 is 4.74 Å². The average Bonchev–Trinajstić information content (AvgIpc) is 3.27. The molecule has 2 aromatic heterocycles. The van der Waals surface area contributed by atoms with Crippen molar-refractivity contribution >= 4 is 56.4 Å². The number of rotatable bonds is 8. The molecule has 0 atom stereocenters. The fourth-order valence-corrected chi connectivity index (χ4v) is 5.09. The number of ether oxygens (including phenoxy) is 1. The summed E-state index contributed by atoms with van der Waals surface area (Å²) in [4.78, 5) is 13.1. The summed E-state index contributed by atoms with van der Waals surface area (Å²) >= 11 is 12.4. The van der Waals surface area contributed by atoms with Crippen LogP contribution in [-0.4, -0.2) is 26.3 Å². The zero-order valence-electron chi connectivity index (χ0n) is 14.1. The Morgan fingerprint density at radius 3 is 2.81 bits per heavy atom. The number of para-hydroxylation sites is 1. The van der Waals surface area contributed by atoms with Crippen LogP contribution in [0, 0.1) is 0 Å². The minimum Gasteiger partial charge on any atom is -0.484 e. The first-order valence-electron chi connectivity index (χ1n) is 8.34. The van der Waals surface area contributed by atoms with Gasteiger partial charge in [-0.15, -0.1) is 21.5 Å². The van der Waals surface area contributed by atoms with Gasteiger partial charge in [-0.25, -0.2) is 0 Å². The maximum Gasteiger partial charge on any atom is 0.192 e. The Hall–Kier alpha value is -1.35. The summed E-state index contributed by atoms with van der Waals surface area (Å²) in [6.45, 7) is 0.291. The van der Waals surface area contributed by atoms with Gasteiger partial charge in [0.25, 0.3) is 0 Å². The predicted molar refractivity (Wildman–Crippen MR) is 111 cm³/mol. The van der Waals surface area contributed by atoms with Crippen molar-refractivity contribution in [3.05, 3.63) is 55.9 Å². The third-order valence-corrected chi connectivity index (χ3v) is 6.94. The molecule has 9 heteroatoms. The summed E-state index contributed by atoms with van der Waals surface area (Å²) in [7, 11) is 0. The zero-order valence-corrected chi connectivity index (χ0v) is 18.1. The molecule has 1 aliphatic rings. The highest BCUT2D eigenvalue weighted by Crippen LogP contribution is 2.39. The lowest BCUT2D eigenvalue weighted by molar-refractivity contribution is 0.102. The van der Waals surface area contributed by atoms with Crippen LogP contribution in [0.3, 0.4) is 0 Å². The summed E-state index contributed by atoms with van der Waals surface area (Å²) in [6.07, 6.45) is 2.19. The van der Waals surface area contributed by atoms with E-state index in [0.29, 0.717) is 29.2 Å². The van der Waals surface area contributed by atoms with Crippen molar-refractivity contribution in [2.75, 3.05) is 5.75 Å². The Labute approximate surface area is 178 Å². The number of hydrogen-bond donors (Lipinski definition) is 0. The summed E-state index contributed by atoms with van der Waals surface area (Å²) in [5.41, 5.74) is 0. The predicted octanol–water partition coefficient (Wildman–Crippen LogP) is 5.64.